The summed E-state index contributed by atoms with van der Waals surface area (Å²) < 4.78 is 24.2. The van der Waals surface area contributed by atoms with Gasteiger partial charge in [0.25, 0.3) is 0 Å². The van der Waals surface area contributed by atoms with Crippen LogP contribution in [0, 0.1) is 35.5 Å². The summed E-state index contributed by atoms with van der Waals surface area (Å²) in [7, 11) is 0. The van der Waals surface area contributed by atoms with Gasteiger partial charge in [0.2, 0.25) is 0 Å². The molecule has 0 N–H and O–H groups in total. The van der Waals surface area contributed by atoms with Crippen molar-refractivity contribution in [3.63, 3.8) is 0 Å². The summed E-state index contributed by atoms with van der Waals surface area (Å²) in [5, 5.41) is 0. The Hall–Kier alpha value is -1.40. The molecule has 0 aliphatic heterocycles. The molecule has 0 aromatic carbocycles. The van der Waals surface area contributed by atoms with E-state index >= 15 is 0 Å². The monoisotopic (exact) mass is 472 g/mol. The standard InChI is InChI=1S/C28H40O6/c1-16(2)25(29)34-28-12-20-5-21(13-28)11-27(10-20,14-28)33-17(3)26(30)32-15-31-24-22-6-18-4-19(8-22)9-23(24)7-18/h17-24H,1,4-15H2,2-3H3. The SMILES string of the molecule is C=C(C)C(=O)OC12CC3CC(C1)CC(OC(C)C(=O)OCOC1C4CC5CC(C4)CC1C5)(C3)C2. The van der Waals surface area contributed by atoms with Crippen molar-refractivity contribution in [2.24, 2.45) is 35.5 Å². The molecule has 8 rings (SSSR count). The quantitative estimate of drug-likeness (QED) is 0.283. The number of esters is 2. The Balaban J connectivity index is 1.04. The van der Waals surface area contributed by atoms with Gasteiger partial charge in [-0.25, -0.2) is 9.59 Å². The highest BCUT2D eigenvalue weighted by Crippen LogP contribution is 2.60. The molecule has 8 bridgehead atoms. The Kier molecular flexibility index (Phi) is 5.64. The average Bonchev–Trinajstić information content (AvgIpc) is 2.73. The molecule has 8 aliphatic rings. The lowest BCUT2D eigenvalue weighted by Crippen LogP contribution is -2.62. The van der Waals surface area contributed by atoms with Crippen LogP contribution in [0.1, 0.15) is 84.5 Å². The highest BCUT2D eigenvalue weighted by atomic mass is 16.7. The van der Waals surface area contributed by atoms with Crippen LogP contribution in [0.4, 0.5) is 0 Å². The number of carbonyl (C=O) groups is 2. The smallest absolute Gasteiger partial charge is 0.337 e. The molecule has 3 atom stereocenters. The summed E-state index contributed by atoms with van der Waals surface area (Å²) in [5.41, 5.74) is -0.464. The summed E-state index contributed by atoms with van der Waals surface area (Å²) in [6, 6.07) is 0. The van der Waals surface area contributed by atoms with E-state index in [0.29, 0.717) is 35.7 Å². The number of rotatable bonds is 8. The van der Waals surface area contributed by atoms with Gasteiger partial charge in [0.05, 0.1) is 11.7 Å². The molecule has 3 unspecified atom stereocenters. The third-order valence-electron chi connectivity index (χ3n) is 9.97. The highest BCUT2D eigenvalue weighted by molar-refractivity contribution is 5.87. The van der Waals surface area contributed by atoms with Crippen LogP contribution in [0.5, 0.6) is 0 Å². The molecular weight excluding hydrogens is 432 g/mol. The Labute approximate surface area is 203 Å². The van der Waals surface area contributed by atoms with E-state index in [4.69, 9.17) is 18.9 Å². The van der Waals surface area contributed by atoms with E-state index in [1.807, 2.05) is 0 Å². The second-order valence-electron chi connectivity index (χ2n) is 12.9. The lowest BCUT2D eigenvalue weighted by atomic mass is 9.52. The minimum absolute atomic E-state index is 0.0257. The largest absolute Gasteiger partial charge is 0.456 e. The number of ether oxygens (including phenoxy) is 4. The molecule has 8 aliphatic carbocycles. The Bertz CT molecular complexity index is 821. The lowest BCUT2D eigenvalue weighted by molar-refractivity contribution is -0.247. The van der Waals surface area contributed by atoms with Crippen LogP contribution in [0.15, 0.2) is 12.2 Å². The molecule has 34 heavy (non-hydrogen) atoms. The van der Waals surface area contributed by atoms with Crippen LogP contribution in [-0.4, -0.2) is 42.1 Å². The highest BCUT2D eigenvalue weighted by Gasteiger charge is 2.61. The van der Waals surface area contributed by atoms with Crippen molar-refractivity contribution in [3.05, 3.63) is 12.2 Å². The number of carbonyl (C=O) groups excluding carboxylic acids is 2. The maximum absolute atomic E-state index is 12.8. The van der Waals surface area contributed by atoms with E-state index in [1.165, 1.54) is 32.1 Å². The van der Waals surface area contributed by atoms with Crippen molar-refractivity contribution >= 4 is 11.9 Å². The van der Waals surface area contributed by atoms with Crippen LogP contribution < -0.4 is 0 Å². The number of hydrogen-bond donors (Lipinski definition) is 0. The van der Waals surface area contributed by atoms with E-state index in [0.717, 1.165) is 43.9 Å². The summed E-state index contributed by atoms with van der Waals surface area (Å²) in [5.74, 6) is 3.37. The molecule has 6 nitrogen and oxygen atoms in total. The van der Waals surface area contributed by atoms with E-state index in [9.17, 15) is 9.59 Å². The maximum atomic E-state index is 12.8. The second kappa shape index (κ2) is 8.33. The van der Waals surface area contributed by atoms with Gasteiger partial charge in [-0.05, 0) is 114 Å². The van der Waals surface area contributed by atoms with Crippen LogP contribution in [0.2, 0.25) is 0 Å². The first-order chi connectivity index (χ1) is 16.2. The molecule has 0 saturated heterocycles. The molecule has 188 valence electrons. The van der Waals surface area contributed by atoms with Crippen LogP contribution in [0.3, 0.4) is 0 Å². The van der Waals surface area contributed by atoms with Crippen molar-refractivity contribution in [3.8, 4) is 0 Å². The molecule has 0 aromatic heterocycles. The third kappa shape index (κ3) is 4.13. The first-order valence-corrected chi connectivity index (χ1v) is 13.6. The Morgan fingerprint density at radius 3 is 2.03 bits per heavy atom. The van der Waals surface area contributed by atoms with Gasteiger partial charge in [-0.15, -0.1) is 0 Å². The number of hydrogen-bond acceptors (Lipinski definition) is 6. The maximum Gasteiger partial charge on any atom is 0.337 e. The topological polar surface area (TPSA) is 71.1 Å². The molecule has 0 amide bonds. The second-order valence-corrected chi connectivity index (χ2v) is 12.9. The van der Waals surface area contributed by atoms with Gasteiger partial charge in [0.15, 0.2) is 12.9 Å². The zero-order chi connectivity index (χ0) is 23.7. The molecule has 8 saturated carbocycles. The molecular formula is C28H40O6. The Morgan fingerprint density at radius 1 is 0.882 bits per heavy atom. The van der Waals surface area contributed by atoms with Gasteiger partial charge >= 0.3 is 11.9 Å². The molecule has 0 heterocycles. The van der Waals surface area contributed by atoms with Crippen molar-refractivity contribution in [1.82, 2.24) is 0 Å². The fraction of sp³-hybridized carbons (Fsp3) is 0.857. The summed E-state index contributed by atoms with van der Waals surface area (Å²) in [6.45, 7) is 7.26. The molecule has 8 fully saturated rings. The van der Waals surface area contributed by atoms with E-state index < -0.39 is 17.3 Å². The van der Waals surface area contributed by atoms with Crippen molar-refractivity contribution in [1.29, 1.82) is 0 Å². The zero-order valence-electron chi connectivity index (χ0n) is 20.8. The van der Waals surface area contributed by atoms with Crippen molar-refractivity contribution in [2.75, 3.05) is 6.79 Å². The normalized spacial score (nSPS) is 46.4. The fourth-order valence-electron chi connectivity index (χ4n) is 9.50. The van der Waals surface area contributed by atoms with Crippen LogP contribution in [-0.2, 0) is 28.5 Å². The predicted octanol–water partition coefficient (Wildman–Crippen LogP) is 4.94. The van der Waals surface area contributed by atoms with Gasteiger partial charge in [0, 0.05) is 12.0 Å². The molecule has 0 aromatic rings. The zero-order valence-corrected chi connectivity index (χ0v) is 20.8. The predicted molar refractivity (Wildman–Crippen MR) is 124 cm³/mol. The lowest BCUT2D eigenvalue weighted by Gasteiger charge is -2.61. The minimum Gasteiger partial charge on any atom is -0.456 e. The average molecular weight is 473 g/mol. The summed E-state index contributed by atoms with van der Waals surface area (Å²) >= 11 is 0. The molecule has 0 radical (unpaired) electrons. The van der Waals surface area contributed by atoms with Crippen LogP contribution in [0.25, 0.3) is 0 Å². The minimum atomic E-state index is -0.660. The van der Waals surface area contributed by atoms with E-state index in [1.54, 1.807) is 13.8 Å². The van der Waals surface area contributed by atoms with Crippen molar-refractivity contribution in [2.45, 2.75) is 108 Å². The summed E-state index contributed by atoms with van der Waals surface area (Å²) in [6.07, 6.45) is 11.6. The van der Waals surface area contributed by atoms with Crippen molar-refractivity contribution < 1.29 is 28.5 Å². The van der Waals surface area contributed by atoms with Gasteiger partial charge in [-0.2, -0.15) is 0 Å². The first-order valence-electron chi connectivity index (χ1n) is 13.6. The first kappa shape index (κ1) is 23.0. The van der Waals surface area contributed by atoms with Gasteiger partial charge in [0.1, 0.15) is 5.60 Å². The molecule has 0 spiro atoms. The van der Waals surface area contributed by atoms with E-state index in [-0.39, 0.29) is 24.8 Å². The van der Waals surface area contributed by atoms with Gasteiger partial charge in [-0.1, -0.05) is 6.58 Å². The van der Waals surface area contributed by atoms with Gasteiger partial charge in [-0.3, -0.25) is 0 Å². The molecule has 6 heteroatoms. The fourth-order valence-corrected chi connectivity index (χ4v) is 9.50. The Morgan fingerprint density at radius 2 is 1.44 bits per heavy atom. The third-order valence-corrected chi connectivity index (χ3v) is 9.97. The van der Waals surface area contributed by atoms with E-state index in [2.05, 4.69) is 6.58 Å². The van der Waals surface area contributed by atoms with Gasteiger partial charge < -0.3 is 18.9 Å². The van der Waals surface area contributed by atoms with Crippen LogP contribution >= 0.6 is 0 Å². The summed E-state index contributed by atoms with van der Waals surface area (Å²) in [4.78, 5) is 25.2.